The van der Waals surface area contributed by atoms with E-state index in [0.717, 1.165) is 10.8 Å². The molecular formula is C19H15NO4. The Morgan fingerprint density at radius 3 is 2.29 bits per heavy atom. The van der Waals surface area contributed by atoms with Crippen LogP contribution in [0.3, 0.4) is 0 Å². The molecule has 0 aromatic heterocycles. The molecule has 0 amide bonds. The normalized spacial score (nSPS) is 11.2. The van der Waals surface area contributed by atoms with Gasteiger partial charge in [0.1, 0.15) is 12.3 Å². The number of ketones is 1. The number of aliphatic imine (C=N–C) groups is 1. The highest BCUT2D eigenvalue weighted by Gasteiger charge is 2.11. The van der Waals surface area contributed by atoms with E-state index < -0.39 is 0 Å². The Bertz CT molecular complexity index is 947. The van der Waals surface area contributed by atoms with Crippen LogP contribution in [0.15, 0.2) is 59.6 Å². The van der Waals surface area contributed by atoms with E-state index in [1.807, 2.05) is 24.3 Å². The lowest BCUT2D eigenvalue weighted by Gasteiger charge is -2.05. The van der Waals surface area contributed by atoms with Crippen molar-refractivity contribution in [1.82, 2.24) is 0 Å². The van der Waals surface area contributed by atoms with Crippen LogP contribution in [0.5, 0.6) is 17.2 Å². The van der Waals surface area contributed by atoms with Gasteiger partial charge < -0.3 is 15.3 Å². The van der Waals surface area contributed by atoms with Gasteiger partial charge in [-0.1, -0.05) is 24.3 Å². The highest BCUT2D eigenvalue weighted by atomic mass is 16.3. The van der Waals surface area contributed by atoms with Crippen LogP contribution in [0.25, 0.3) is 10.8 Å². The van der Waals surface area contributed by atoms with Gasteiger partial charge in [-0.3, -0.25) is 9.79 Å². The zero-order valence-corrected chi connectivity index (χ0v) is 12.7. The summed E-state index contributed by atoms with van der Waals surface area (Å²) in [7, 11) is 0. The van der Waals surface area contributed by atoms with Crippen LogP contribution in [0.4, 0.5) is 0 Å². The largest absolute Gasteiger partial charge is 0.507 e. The molecule has 3 rings (SSSR count). The summed E-state index contributed by atoms with van der Waals surface area (Å²) in [5.41, 5.74) is 0.778. The molecule has 0 aliphatic carbocycles. The Kier molecular flexibility index (Phi) is 4.16. The van der Waals surface area contributed by atoms with E-state index in [4.69, 9.17) is 0 Å². The first-order valence-electron chi connectivity index (χ1n) is 7.31. The topological polar surface area (TPSA) is 90.1 Å². The minimum atomic E-state index is -0.308. The predicted octanol–water partition coefficient (Wildman–Crippen LogP) is 3.26. The maximum Gasteiger partial charge on any atom is 0.187 e. The monoisotopic (exact) mass is 321 g/mol. The molecule has 3 aromatic carbocycles. The summed E-state index contributed by atoms with van der Waals surface area (Å²) in [6.07, 6.45) is 1.43. The van der Waals surface area contributed by atoms with E-state index in [1.165, 1.54) is 18.3 Å². The Labute approximate surface area is 138 Å². The molecule has 0 unspecified atom stereocenters. The number of rotatable bonds is 4. The molecule has 5 nitrogen and oxygen atoms in total. The number of benzene rings is 3. The maximum absolute atomic E-state index is 12.3. The fourth-order valence-electron chi connectivity index (χ4n) is 2.39. The summed E-state index contributed by atoms with van der Waals surface area (Å²) < 4.78 is 0. The Hall–Kier alpha value is -3.34. The van der Waals surface area contributed by atoms with Crippen LogP contribution in [-0.4, -0.2) is 33.9 Å². The van der Waals surface area contributed by atoms with Crippen molar-refractivity contribution in [3.8, 4) is 17.2 Å². The molecule has 120 valence electrons. The number of Topliss-reactive ketones (excluding diaryl/α,β-unsaturated/α-hetero) is 1. The molecule has 0 saturated heterocycles. The van der Waals surface area contributed by atoms with E-state index in [0.29, 0.717) is 5.56 Å². The molecule has 0 atom stereocenters. The van der Waals surface area contributed by atoms with Crippen molar-refractivity contribution in [2.24, 2.45) is 4.99 Å². The smallest absolute Gasteiger partial charge is 0.187 e. The minimum absolute atomic E-state index is 0.0730. The molecule has 0 spiro atoms. The lowest BCUT2D eigenvalue weighted by atomic mass is 10.0. The van der Waals surface area contributed by atoms with Gasteiger partial charge in [-0.25, -0.2) is 0 Å². The van der Waals surface area contributed by atoms with Crippen molar-refractivity contribution < 1.29 is 20.1 Å². The van der Waals surface area contributed by atoms with E-state index >= 15 is 0 Å². The third kappa shape index (κ3) is 3.20. The van der Waals surface area contributed by atoms with Gasteiger partial charge >= 0.3 is 0 Å². The number of phenolic OH excluding ortho intramolecular Hbond substituents is 3. The van der Waals surface area contributed by atoms with Crippen molar-refractivity contribution in [3.05, 3.63) is 65.7 Å². The first-order valence-corrected chi connectivity index (χ1v) is 7.31. The van der Waals surface area contributed by atoms with Crippen molar-refractivity contribution in [3.63, 3.8) is 0 Å². The Balaban J connectivity index is 1.78. The van der Waals surface area contributed by atoms with Crippen LogP contribution < -0.4 is 0 Å². The number of hydrogen-bond donors (Lipinski definition) is 3. The molecular weight excluding hydrogens is 306 g/mol. The Morgan fingerprint density at radius 2 is 1.58 bits per heavy atom. The zero-order chi connectivity index (χ0) is 17.1. The second-order valence-electron chi connectivity index (χ2n) is 5.36. The van der Waals surface area contributed by atoms with Gasteiger partial charge in [0.25, 0.3) is 0 Å². The first kappa shape index (κ1) is 15.6. The predicted molar refractivity (Wildman–Crippen MR) is 92.2 cm³/mol. The number of carbonyl (C=O) groups excluding carboxylic acids is 1. The molecule has 0 aliphatic rings. The quantitative estimate of drug-likeness (QED) is 0.391. The number of nitrogens with zero attached hydrogens (tertiary/aromatic N) is 1. The van der Waals surface area contributed by atoms with Crippen molar-refractivity contribution in [2.75, 3.05) is 6.54 Å². The van der Waals surface area contributed by atoms with Crippen molar-refractivity contribution in [1.29, 1.82) is 0 Å². The molecule has 3 aromatic rings. The van der Waals surface area contributed by atoms with Crippen LogP contribution in [0.1, 0.15) is 15.9 Å². The summed E-state index contributed by atoms with van der Waals surface area (Å²) in [5.74, 6) is -0.851. The van der Waals surface area contributed by atoms with Gasteiger partial charge in [-0.2, -0.15) is 0 Å². The van der Waals surface area contributed by atoms with E-state index in [9.17, 15) is 20.1 Å². The van der Waals surface area contributed by atoms with E-state index in [-0.39, 0.29) is 35.1 Å². The summed E-state index contributed by atoms with van der Waals surface area (Å²) in [4.78, 5) is 16.3. The van der Waals surface area contributed by atoms with Crippen LogP contribution in [-0.2, 0) is 0 Å². The molecule has 0 bridgehead atoms. The summed E-state index contributed by atoms with van der Waals surface area (Å²) >= 11 is 0. The summed E-state index contributed by atoms with van der Waals surface area (Å²) in [6.45, 7) is -0.131. The highest BCUT2D eigenvalue weighted by molar-refractivity contribution is 6.04. The van der Waals surface area contributed by atoms with E-state index in [2.05, 4.69) is 4.99 Å². The third-order valence-corrected chi connectivity index (χ3v) is 3.64. The van der Waals surface area contributed by atoms with Crippen LogP contribution in [0, 0.1) is 0 Å². The minimum Gasteiger partial charge on any atom is -0.507 e. The average Bonchev–Trinajstić information content (AvgIpc) is 2.57. The number of hydrogen-bond acceptors (Lipinski definition) is 5. The second kappa shape index (κ2) is 6.42. The number of carbonyl (C=O) groups is 1. The molecule has 3 N–H and O–H groups in total. The first-order chi connectivity index (χ1) is 11.5. The summed E-state index contributed by atoms with van der Waals surface area (Å²) in [5, 5.41) is 30.4. The molecule has 0 heterocycles. The zero-order valence-electron chi connectivity index (χ0n) is 12.7. The molecule has 5 heteroatoms. The van der Waals surface area contributed by atoms with Crippen LogP contribution >= 0.6 is 0 Å². The lowest BCUT2D eigenvalue weighted by Crippen LogP contribution is -2.04. The molecule has 0 aliphatic heterocycles. The molecule has 0 radical (unpaired) electrons. The number of aromatic hydroxyl groups is 3. The summed E-state index contributed by atoms with van der Waals surface area (Å²) in [6, 6.07) is 14.9. The standard InChI is InChI=1S/C19H15NO4/c21-16-6-5-12(7-18(16)23)10-20-11-19(24)15-8-13-3-1-2-4-14(13)9-17(15)22/h1-10,21-23H,11H2. The van der Waals surface area contributed by atoms with Crippen LogP contribution in [0.2, 0.25) is 0 Å². The van der Waals surface area contributed by atoms with Gasteiger partial charge in [-0.05, 0) is 46.7 Å². The van der Waals surface area contributed by atoms with Gasteiger partial charge in [0.2, 0.25) is 0 Å². The lowest BCUT2D eigenvalue weighted by molar-refractivity contribution is 0.1000. The molecule has 0 fully saturated rings. The average molecular weight is 321 g/mol. The van der Waals surface area contributed by atoms with Gasteiger partial charge in [0.05, 0.1) is 5.56 Å². The van der Waals surface area contributed by atoms with Gasteiger partial charge in [-0.15, -0.1) is 0 Å². The number of phenols is 3. The van der Waals surface area contributed by atoms with Crippen molar-refractivity contribution >= 4 is 22.8 Å². The third-order valence-electron chi connectivity index (χ3n) is 3.64. The fraction of sp³-hybridized carbons (Fsp3) is 0.0526. The van der Waals surface area contributed by atoms with E-state index in [1.54, 1.807) is 18.2 Å². The fourth-order valence-corrected chi connectivity index (χ4v) is 2.39. The highest BCUT2D eigenvalue weighted by Crippen LogP contribution is 2.26. The number of fused-ring (bicyclic) bond motifs is 1. The van der Waals surface area contributed by atoms with Crippen molar-refractivity contribution in [2.45, 2.75) is 0 Å². The molecule has 0 saturated carbocycles. The van der Waals surface area contributed by atoms with Gasteiger partial charge in [0.15, 0.2) is 17.3 Å². The van der Waals surface area contributed by atoms with Gasteiger partial charge in [0, 0.05) is 6.21 Å². The SMILES string of the molecule is O=C(CN=Cc1ccc(O)c(O)c1)c1cc2ccccc2cc1O. The molecule has 24 heavy (non-hydrogen) atoms. The maximum atomic E-state index is 12.3. The Morgan fingerprint density at radius 1 is 0.875 bits per heavy atom. The second-order valence-corrected chi connectivity index (χ2v) is 5.36.